The Hall–Kier alpha value is -0.500. The average molecular weight is 196 g/mol. The first kappa shape index (κ1) is 10.6. The maximum atomic E-state index is 10.7. The van der Waals surface area contributed by atoms with Crippen LogP contribution >= 0.6 is 11.8 Å². The molecule has 13 heavy (non-hydrogen) atoms. The van der Waals surface area contributed by atoms with E-state index in [2.05, 4.69) is 17.6 Å². The second-order valence-electron chi connectivity index (χ2n) is 3.30. The number of ketones is 1. The van der Waals surface area contributed by atoms with Gasteiger partial charge in [-0.05, 0) is 42.9 Å². The normalized spacial score (nSPS) is 15.6. The van der Waals surface area contributed by atoms with Gasteiger partial charge < -0.3 is 4.79 Å². The SMILES string of the molecule is CC(=O)CCCCC1=CCC=CS1. The molecule has 0 bridgehead atoms. The maximum absolute atomic E-state index is 10.7. The number of Topliss-reactive ketones (excluding diaryl/α,β-unsaturated/α-hetero) is 1. The lowest BCUT2D eigenvalue weighted by molar-refractivity contribution is -0.117. The van der Waals surface area contributed by atoms with Crippen LogP contribution in [0.3, 0.4) is 0 Å². The van der Waals surface area contributed by atoms with E-state index in [1.165, 1.54) is 4.91 Å². The zero-order chi connectivity index (χ0) is 9.52. The lowest BCUT2D eigenvalue weighted by Crippen LogP contribution is -1.89. The smallest absolute Gasteiger partial charge is 0.129 e. The van der Waals surface area contributed by atoms with Crippen molar-refractivity contribution >= 4 is 17.5 Å². The minimum atomic E-state index is 0.310. The Bertz CT molecular complexity index is 228. The summed E-state index contributed by atoms with van der Waals surface area (Å²) in [6, 6.07) is 0. The Morgan fingerprint density at radius 1 is 1.54 bits per heavy atom. The van der Waals surface area contributed by atoms with Gasteiger partial charge in [0.1, 0.15) is 5.78 Å². The summed E-state index contributed by atoms with van der Waals surface area (Å²) in [5.41, 5.74) is 0. The minimum absolute atomic E-state index is 0.310. The van der Waals surface area contributed by atoms with Gasteiger partial charge >= 0.3 is 0 Å². The van der Waals surface area contributed by atoms with Crippen LogP contribution in [-0.4, -0.2) is 5.78 Å². The van der Waals surface area contributed by atoms with E-state index in [1.54, 1.807) is 6.92 Å². The Balaban J connectivity index is 2.05. The minimum Gasteiger partial charge on any atom is -0.300 e. The Morgan fingerprint density at radius 3 is 3.00 bits per heavy atom. The van der Waals surface area contributed by atoms with Crippen molar-refractivity contribution in [2.75, 3.05) is 0 Å². The molecular formula is C11H16OS. The first-order valence-electron chi connectivity index (χ1n) is 4.79. The van der Waals surface area contributed by atoms with Crippen molar-refractivity contribution in [1.29, 1.82) is 0 Å². The molecule has 0 N–H and O–H groups in total. The lowest BCUT2D eigenvalue weighted by atomic mass is 10.1. The summed E-state index contributed by atoms with van der Waals surface area (Å²) in [6.45, 7) is 1.66. The van der Waals surface area contributed by atoms with Crippen LogP contribution in [0.2, 0.25) is 0 Å². The van der Waals surface area contributed by atoms with Crippen LogP contribution in [0.4, 0.5) is 0 Å². The first-order chi connectivity index (χ1) is 6.29. The van der Waals surface area contributed by atoms with Crippen LogP contribution in [-0.2, 0) is 4.79 Å². The van der Waals surface area contributed by atoms with Crippen molar-refractivity contribution in [3.8, 4) is 0 Å². The van der Waals surface area contributed by atoms with Crippen molar-refractivity contribution in [3.63, 3.8) is 0 Å². The van der Waals surface area contributed by atoms with E-state index in [-0.39, 0.29) is 0 Å². The van der Waals surface area contributed by atoms with Gasteiger partial charge in [-0.3, -0.25) is 0 Å². The standard InChI is InChI=1S/C11H16OS/c1-10(12)6-2-3-7-11-8-4-5-9-13-11/h5,8-9H,2-4,6-7H2,1H3. The van der Waals surface area contributed by atoms with Gasteiger partial charge in [0, 0.05) is 6.42 Å². The number of allylic oxidation sites excluding steroid dienone is 3. The van der Waals surface area contributed by atoms with Crippen molar-refractivity contribution < 1.29 is 4.79 Å². The zero-order valence-electron chi connectivity index (χ0n) is 8.08. The molecule has 0 spiro atoms. The summed E-state index contributed by atoms with van der Waals surface area (Å²) in [5.74, 6) is 0.310. The molecule has 1 aliphatic heterocycles. The molecule has 1 rings (SSSR count). The number of carbonyl (C=O) groups excluding carboxylic acids is 1. The largest absolute Gasteiger partial charge is 0.300 e. The maximum Gasteiger partial charge on any atom is 0.129 e. The van der Waals surface area contributed by atoms with E-state index in [1.807, 2.05) is 11.8 Å². The highest BCUT2D eigenvalue weighted by Gasteiger charge is 2.00. The van der Waals surface area contributed by atoms with E-state index < -0.39 is 0 Å². The number of hydrogen-bond acceptors (Lipinski definition) is 2. The molecule has 0 atom stereocenters. The predicted octanol–water partition coefficient (Wildman–Crippen LogP) is 3.67. The van der Waals surface area contributed by atoms with Crippen LogP contribution in [0.25, 0.3) is 0 Å². The molecular weight excluding hydrogens is 180 g/mol. The average Bonchev–Trinajstić information content (AvgIpc) is 2.14. The first-order valence-corrected chi connectivity index (χ1v) is 5.67. The van der Waals surface area contributed by atoms with Gasteiger partial charge in [0.15, 0.2) is 0 Å². The fraction of sp³-hybridized carbons (Fsp3) is 0.545. The van der Waals surface area contributed by atoms with Gasteiger partial charge in [-0.25, -0.2) is 0 Å². The Labute approximate surface area is 84.3 Å². The molecule has 72 valence electrons. The highest BCUT2D eigenvalue weighted by molar-refractivity contribution is 8.05. The van der Waals surface area contributed by atoms with E-state index in [0.29, 0.717) is 5.78 Å². The highest BCUT2D eigenvalue weighted by atomic mass is 32.2. The molecule has 1 nitrogen and oxygen atoms in total. The monoisotopic (exact) mass is 196 g/mol. The summed E-state index contributed by atoms with van der Waals surface area (Å²) >= 11 is 1.82. The summed E-state index contributed by atoms with van der Waals surface area (Å²) < 4.78 is 0. The molecule has 1 aliphatic rings. The Morgan fingerprint density at radius 2 is 2.38 bits per heavy atom. The van der Waals surface area contributed by atoms with Crippen molar-refractivity contribution in [1.82, 2.24) is 0 Å². The molecule has 0 aromatic heterocycles. The summed E-state index contributed by atoms with van der Waals surface area (Å²) in [7, 11) is 0. The van der Waals surface area contributed by atoms with Gasteiger partial charge in [-0.15, -0.1) is 11.8 Å². The third-order valence-corrected chi connectivity index (χ3v) is 3.00. The van der Waals surface area contributed by atoms with Crippen molar-refractivity contribution in [2.24, 2.45) is 0 Å². The number of unbranched alkanes of at least 4 members (excludes halogenated alkanes) is 1. The third-order valence-electron chi connectivity index (χ3n) is 2.00. The van der Waals surface area contributed by atoms with Gasteiger partial charge in [-0.2, -0.15) is 0 Å². The second kappa shape index (κ2) is 6.03. The van der Waals surface area contributed by atoms with Crippen molar-refractivity contribution in [2.45, 2.75) is 39.0 Å². The zero-order valence-corrected chi connectivity index (χ0v) is 8.90. The number of thioether (sulfide) groups is 1. The van der Waals surface area contributed by atoms with Crippen molar-refractivity contribution in [3.05, 3.63) is 22.5 Å². The van der Waals surface area contributed by atoms with E-state index in [0.717, 1.165) is 32.1 Å². The molecule has 0 saturated heterocycles. The van der Waals surface area contributed by atoms with Gasteiger partial charge in [0.2, 0.25) is 0 Å². The van der Waals surface area contributed by atoms with Crippen LogP contribution in [0.5, 0.6) is 0 Å². The molecule has 0 amide bonds. The molecule has 0 aromatic carbocycles. The van der Waals surface area contributed by atoms with Crippen LogP contribution in [0.15, 0.2) is 22.5 Å². The second-order valence-corrected chi connectivity index (χ2v) is 4.34. The molecule has 0 aliphatic carbocycles. The third kappa shape index (κ3) is 4.94. The quantitative estimate of drug-likeness (QED) is 0.624. The topological polar surface area (TPSA) is 17.1 Å². The molecule has 0 fully saturated rings. The molecule has 0 radical (unpaired) electrons. The predicted molar refractivity (Wildman–Crippen MR) is 58.6 cm³/mol. The fourth-order valence-electron chi connectivity index (χ4n) is 1.27. The van der Waals surface area contributed by atoms with E-state index in [4.69, 9.17) is 0 Å². The highest BCUT2D eigenvalue weighted by Crippen LogP contribution is 2.27. The van der Waals surface area contributed by atoms with Gasteiger partial charge in [0.25, 0.3) is 0 Å². The Kier molecular flexibility index (Phi) is 4.91. The molecule has 2 heteroatoms. The fourth-order valence-corrected chi connectivity index (χ4v) is 2.11. The van der Waals surface area contributed by atoms with E-state index >= 15 is 0 Å². The summed E-state index contributed by atoms with van der Waals surface area (Å²) in [4.78, 5) is 12.1. The summed E-state index contributed by atoms with van der Waals surface area (Å²) in [6.07, 6.45) is 9.59. The molecule has 1 heterocycles. The molecule has 0 saturated carbocycles. The van der Waals surface area contributed by atoms with Crippen LogP contribution in [0.1, 0.15) is 39.0 Å². The number of rotatable bonds is 5. The molecule has 0 unspecified atom stereocenters. The van der Waals surface area contributed by atoms with Crippen LogP contribution in [0, 0.1) is 0 Å². The summed E-state index contributed by atoms with van der Waals surface area (Å²) in [5, 5.41) is 2.15. The van der Waals surface area contributed by atoms with Crippen LogP contribution < -0.4 is 0 Å². The molecule has 0 aromatic rings. The van der Waals surface area contributed by atoms with Gasteiger partial charge in [0.05, 0.1) is 0 Å². The lowest BCUT2D eigenvalue weighted by Gasteiger charge is -2.06. The number of hydrogen-bond donors (Lipinski definition) is 0. The number of carbonyl (C=O) groups is 1. The van der Waals surface area contributed by atoms with Gasteiger partial charge in [-0.1, -0.05) is 12.2 Å². The van der Waals surface area contributed by atoms with E-state index in [9.17, 15) is 4.79 Å².